The van der Waals surface area contributed by atoms with E-state index in [1.54, 1.807) is 11.7 Å². The number of aryl methyl sites for hydroxylation is 1. The van der Waals surface area contributed by atoms with E-state index in [1.807, 2.05) is 11.9 Å². The zero-order chi connectivity index (χ0) is 18.7. The summed E-state index contributed by atoms with van der Waals surface area (Å²) in [5.74, 6) is 1.89. The van der Waals surface area contributed by atoms with Gasteiger partial charge in [0.1, 0.15) is 5.82 Å². The summed E-state index contributed by atoms with van der Waals surface area (Å²) in [5.41, 5.74) is -0.809. The van der Waals surface area contributed by atoms with E-state index in [1.165, 1.54) is 0 Å². The molecule has 0 N–H and O–H groups in total. The molecule has 0 aromatic carbocycles. The zero-order valence-corrected chi connectivity index (χ0v) is 14.8. The monoisotopic (exact) mass is 373 g/mol. The molecule has 3 rings (SSSR count). The lowest BCUT2D eigenvalue weighted by molar-refractivity contribution is -0.141. The van der Waals surface area contributed by atoms with Crippen LogP contribution < -0.4 is 0 Å². The second kappa shape index (κ2) is 7.75. The molecule has 0 saturated carbocycles. The average molecular weight is 373 g/mol. The van der Waals surface area contributed by atoms with Crippen molar-refractivity contribution in [3.8, 4) is 0 Å². The van der Waals surface area contributed by atoms with Gasteiger partial charge in [-0.25, -0.2) is 4.98 Å². The van der Waals surface area contributed by atoms with Gasteiger partial charge in [0.05, 0.1) is 13.2 Å². The van der Waals surface area contributed by atoms with E-state index in [9.17, 15) is 13.2 Å². The minimum absolute atomic E-state index is 0.249. The van der Waals surface area contributed by atoms with Crippen molar-refractivity contribution in [1.82, 2.24) is 24.6 Å². The smallest absolute Gasteiger partial charge is 0.384 e. The van der Waals surface area contributed by atoms with Gasteiger partial charge < -0.3 is 13.8 Å². The molecule has 1 aliphatic rings. The van der Waals surface area contributed by atoms with Gasteiger partial charge in [0.25, 0.3) is 0 Å². The number of imidazole rings is 1. The van der Waals surface area contributed by atoms with Crippen molar-refractivity contribution in [3.05, 3.63) is 29.4 Å². The fourth-order valence-electron chi connectivity index (χ4n) is 3.19. The van der Waals surface area contributed by atoms with Gasteiger partial charge in [-0.1, -0.05) is 5.16 Å². The normalized spacial score (nSPS) is 17.7. The molecule has 0 fully saturated rings. The van der Waals surface area contributed by atoms with Crippen LogP contribution in [0.5, 0.6) is 0 Å². The van der Waals surface area contributed by atoms with Crippen molar-refractivity contribution in [3.63, 3.8) is 0 Å². The van der Waals surface area contributed by atoms with Gasteiger partial charge in [-0.15, -0.1) is 0 Å². The van der Waals surface area contributed by atoms with Crippen LogP contribution in [0.15, 0.2) is 10.7 Å². The molecule has 0 radical (unpaired) electrons. The van der Waals surface area contributed by atoms with Crippen LogP contribution >= 0.6 is 0 Å². The quantitative estimate of drug-likeness (QED) is 0.741. The second-order valence-electron chi connectivity index (χ2n) is 6.64. The largest absolute Gasteiger partial charge is 0.434 e. The van der Waals surface area contributed by atoms with Crippen molar-refractivity contribution in [2.45, 2.75) is 38.5 Å². The maximum atomic E-state index is 12.8. The van der Waals surface area contributed by atoms with Gasteiger partial charge >= 0.3 is 6.18 Å². The van der Waals surface area contributed by atoms with Crippen LogP contribution in [0.2, 0.25) is 0 Å². The maximum absolute atomic E-state index is 12.8. The minimum Gasteiger partial charge on any atom is -0.384 e. The molecule has 2 aromatic rings. The highest BCUT2D eigenvalue weighted by Crippen LogP contribution is 2.30. The lowest BCUT2D eigenvalue weighted by Crippen LogP contribution is -2.31. The van der Waals surface area contributed by atoms with E-state index >= 15 is 0 Å². The highest BCUT2D eigenvalue weighted by Gasteiger charge is 2.35. The lowest BCUT2D eigenvalue weighted by Gasteiger charge is -2.27. The van der Waals surface area contributed by atoms with E-state index in [2.05, 4.69) is 15.1 Å². The Hall–Kier alpha value is -1.94. The predicted molar refractivity (Wildman–Crippen MR) is 85.3 cm³/mol. The van der Waals surface area contributed by atoms with Crippen LogP contribution in [0.1, 0.15) is 29.7 Å². The highest BCUT2D eigenvalue weighted by molar-refractivity contribution is 5.10. The number of rotatable bonds is 7. The van der Waals surface area contributed by atoms with Crippen molar-refractivity contribution in [2.75, 3.05) is 27.3 Å². The van der Waals surface area contributed by atoms with Gasteiger partial charge in [-0.2, -0.15) is 18.2 Å². The third-order valence-electron chi connectivity index (χ3n) is 4.40. The molecule has 1 aliphatic heterocycles. The second-order valence-corrected chi connectivity index (χ2v) is 6.64. The number of nitrogens with zero attached hydrogens (tertiary/aromatic N) is 5. The fraction of sp³-hybridized carbons (Fsp3) is 0.688. The Labute approximate surface area is 149 Å². The molecule has 0 saturated heterocycles. The van der Waals surface area contributed by atoms with Crippen molar-refractivity contribution in [2.24, 2.45) is 5.92 Å². The first-order chi connectivity index (χ1) is 12.3. The van der Waals surface area contributed by atoms with Gasteiger partial charge in [0.15, 0.2) is 11.5 Å². The van der Waals surface area contributed by atoms with Crippen LogP contribution in [-0.4, -0.2) is 51.9 Å². The summed E-state index contributed by atoms with van der Waals surface area (Å²) in [6.07, 6.45) is -1.33. The summed E-state index contributed by atoms with van der Waals surface area (Å²) in [6, 6.07) is 0. The van der Waals surface area contributed by atoms with Crippen LogP contribution in [-0.2, 0) is 36.8 Å². The molecule has 26 heavy (non-hydrogen) atoms. The third kappa shape index (κ3) is 4.61. The third-order valence-corrected chi connectivity index (χ3v) is 4.40. The number of hydrogen-bond acceptors (Lipinski definition) is 6. The molecule has 0 bridgehead atoms. The van der Waals surface area contributed by atoms with Gasteiger partial charge in [-0.3, -0.25) is 4.90 Å². The van der Waals surface area contributed by atoms with Crippen LogP contribution in [0.3, 0.4) is 0 Å². The molecule has 144 valence electrons. The van der Waals surface area contributed by atoms with Crippen LogP contribution in [0, 0.1) is 5.92 Å². The molecule has 7 nitrogen and oxygen atoms in total. The zero-order valence-electron chi connectivity index (χ0n) is 14.8. The van der Waals surface area contributed by atoms with E-state index < -0.39 is 11.9 Å². The first-order valence-electron chi connectivity index (χ1n) is 8.47. The molecule has 0 amide bonds. The summed E-state index contributed by atoms with van der Waals surface area (Å²) in [4.78, 5) is 10.1. The molecule has 0 spiro atoms. The van der Waals surface area contributed by atoms with Gasteiger partial charge in [0.2, 0.25) is 5.89 Å². The van der Waals surface area contributed by atoms with E-state index in [0.29, 0.717) is 50.1 Å². The number of ether oxygens (including phenoxy) is 1. The molecule has 0 unspecified atom stereocenters. The predicted octanol–water partition coefficient (Wildman–Crippen LogP) is 2.17. The number of hydrogen-bond donors (Lipinski definition) is 0. The fourth-order valence-corrected chi connectivity index (χ4v) is 3.19. The number of aromatic nitrogens is 4. The summed E-state index contributed by atoms with van der Waals surface area (Å²) in [6.45, 7) is 2.30. The standard InChI is InChI=1S/C16H22F3N5O2/c1-23(10-15-21-13(22-26-15)5-6-25-2)7-11-3-4-14-20-12(16(17,18)19)9-24(14)8-11/h9,11H,3-8,10H2,1-2H3/t11-/m0/s1. The SMILES string of the molecule is COCCc1noc(CN(C)C[C@@H]2CCc3nc(C(F)(F)F)cn3C2)n1. The van der Waals surface area contributed by atoms with Gasteiger partial charge in [-0.05, 0) is 19.4 Å². The molecule has 1 atom stereocenters. The Morgan fingerprint density at radius 3 is 2.92 bits per heavy atom. The van der Waals surface area contributed by atoms with Crippen molar-refractivity contribution < 1.29 is 22.4 Å². The first kappa shape index (κ1) is 18.8. The summed E-state index contributed by atoms with van der Waals surface area (Å²) in [7, 11) is 3.55. The average Bonchev–Trinajstić information content (AvgIpc) is 3.18. The highest BCUT2D eigenvalue weighted by atomic mass is 19.4. The first-order valence-corrected chi connectivity index (χ1v) is 8.47. The molecule has 0 aliphatic carbocycles. The Morgan fingerprint density at radius 2 is 2.19 bits per heavy atom. The number of fused-ring (bicyclic) bond motifs is 1. The molecule has 10 heteroatoms. The van der Waals surface area contributed by atoms with Gasteiger partial charge in [0, 0.05) is 39.2 Å². The van der Waals surface area contributed by atoms with Crippen molar-refractivity contribution >= 4 is 0 Å². The summed E-state index contributed by atoms with van der Waals surface area (Å²) in [5, 5.41) is 3.90. The summed E-state index contributed by atoms with van der Waals surface area (Å²) < 4.78 is 50.2. The van der Waals surface area contributed by atoms with E-state index in [-0.39, 0.29) is 5.92 Å². The van der Waals surface area contributed by atoms with Crippen LogP contribution in [0.4, 0.5) is 13.2 Å². The molecular weight excluding hydrogens is 351 g/mol. The Bertz CT molecular complexity index is 728. The Balaban J connectivity index is 1.53. The molecular formula is C16H22F3N5O2. The number of methoxy groups -OCH3 is 1. The van der Waals surface area contributed by atoms with E-state index in [4.69, 9.17) is 9.26 Å². The molecule has 3 heterocycles. The summed E-state index contributed by atoms with van der Waals surface area (Å²) >= 11 is 0. The maximum Gasteiger partial charge on any atom is 0.434 e. The van der Waals surface area contributed by atoms with Crippen LogP contribution in [0.25, 0.3) is 0 Å². The molecule has 2 aromatic heterocycles. The Morgan fingerprint density at radius 1 is 1.38 bits per heavy atom. The Kier molecular flexibility index (Phi) is 5.61. The minimum atomic E-state index is -4.39. The number of alkyl halides is 3. The number of halogens is 3. The van der Waals surface area contributed by atoms with E-state index in [0.717, 1.165) is 19.2 Å². The van der Waals surface area contributed by atoms with Crippen molar-refractivity contribution in [1.29, 1.82) is 0 Å². The topological polar surface area (TPSA) is 69.2 Å². The lowest BCUT2D eigenvalue weighted by atomic mass is 9.99.